The van der Waals surface area contributed by atoms with Crippen LogP contribution in [-0.2, 0) is 9.53 Å². The zero-order valence-corrected chi connectivity index (χ0v) is 9.58. The number of carbonyl (C=O) groups excluding carboxylic acids is 2. The normalized spacial score (nSPS) is 16.9. The summed E-state index contributed by atoms with van der Waals surface area (Å²) in [5, 5.41) is 0. The number of hydrogen-bond donors (Lipinski definition) is 0. The number of rotatable bonds is 3. The summed E-state index contributed by atoms with van der Waals surface area (Å²) in [6, 6.07) is 0. The Balaban J connectivity index is 2.32. The molecule has 0 aromatic carbocycles. The lowest BCUT2D eigenvalue weighted by atomic mass is 9.95. The minimum atomic E-state index is -4.82. The van der Waals surface area contributed by atoms with Gasteiger partial charge in [-0.3, -0.25) is 4.79 Å². The molecule has 0 aromatic heterocycles. The van der Waals surface area contributed by atoms with Crippen molar-refractivity contribution in [3.63, 3.8) is 0 Å². The number of hydrogen-bond acceptors (Lipinski definition) is 3. The summed E-state index contributed by atoms with van der Waals surface area (Å²) in [4.78, 5) is 23.1. The molecule has 7 heteroatoms. The van der Waals surface area contributed by atoms with Crippen LogP contribution in [-0.4, -0.2) is 42.6 Å². The van der Waals surface area contributed by atoms with Crippen LogP contribution in [0.3, 0.4) is 0 Å². The van der Waals surface area contributed by atoms with Gasteiger partial charge in [0.05, 0.1) is 12.5 Å². The molecule has 4 nitrogen and oxygen atoms in total. The van der Waals surface area contributed by atoms with Crippen LogP contribution in [0.15, 0.2) is 0 Å². The summed E-state index contributed by atoms with van der Waals surface area (Å²) < 4.78 is 40.9. The fraction of sp³-hybridized carbons (Fsp3) is 0.800. The molecule has 1 amide bonds. The number of ether oxygens (including phenoxy) is 1. The van der Waals surface area contributed by atoms with Crippen LogP contribution < -0.4 is 0 Å². The van der Waals surface area contributed by atoms with Gasteiger partial charge < -0.3 is 9.64 Å². The standard InChI is InChI=1S/C10H14F3NO3/c1-6(2)5-17-9(16)14-3-7(4-14)8(15)10(11,12)13/h6-7H,3-5H2,1-2H3. The molecule has 0 radical (unpaired) electrons. The first-order chi connectivity index (χ1) is 7.71. The number of alkyl halides is 3. The van der Waals surface area contributed by atoms with Gasteiger partial charge in [0.2, 0.25) is 5.78 Å². The van der Waals surface area contributed by atoms with Gasteiger partial charge in [0.15, 0.2) is 0 Å². The van der Waals surface area contributed by atoms with Gasteiger partial charge >= 0.3 is 12.3 Å². The Morgan fingerprint density at radius 2 is 1.88 bits per heavy atom. The number of carbonyl (C=O) groups is 2. The lowest BCUT2D eigenvalue weighted by Gasteiger charge is -2.37. The maximum atomic E-state index is 12.0. The predicted octanol–water partition coefficient (Wildman–Crippen LogP) is 1.84. The molecule has 1 aliphatic rings. The summed E-state index contributed by atoms with van der Waals surface area (Å²) in [6.07, 6.45) is -5.48. The molecule has 0 aliphatic carbocycles. The fourth-order valence-corrected chi connectivity index (χ4v) is 1.35. The Labute approximate surface area is 96.7 Å². The number of amides is 1. The Kier molecular flexibility index (Phi) is 4.00. The maximum Gasteiger partial charge on any atom is 0.450 e. The smallest absolute Gasteiger partial charge is 0.449 e. The molecule has 1 fully saturated rings. The van der Waals surface area contributed by atoms with Crippen molar-refractivity contribution in [3.05, 3.63) is 0 Å². The molecule has 0 bridgehead atoms. The highest BCUT2D eigenvalue weighted by atomic mass is 19.4. The Bertz CT molecular complexity index is 308. The van der Waals surface area contributed by atoms with Crippen molar-refractivity contribution in [2.45, 2.75) is 20.0 Å². The van der Waals surface area contributed by atoms with E-state index in [1.54, 1.807) is 0 Å². The van der Waals surface area contributed by atoms with E-state index < -0.39 is 24.0 Å². The highest BCUT2D eigenvalue weighted by molar-refractivity contribution is 5.88. The van der Waals surface area contributed by atoms with Gasteiger partial charge in [-0.15, -0.1) is 0 Å². The summed E-state index contributed by atoms with van der Waals surface area (Å²) in [6.45, 7) is 3.48. The second-order valence-corrected chi connectivity index (χ2v) is 4.43. The molecule has 0 spiro atoms. The van der Waals surface area contributed by atoms with Gasteiger partial charge in [0.25, 0.3) is 0 Å². The van der Waals surface area contributed by atoms with Crippen LogP contribution in [0.4, 0.5) is 18.0 Å². The SMILES string of the molecule is CC(C)COC(=O)N1CC(C(=O)C(F)(F)F)C1. The molecule has 1 heterocycles. The topological polar surface area (TPSA) is 46.6 Å². The molecule has 17 heavy (non-hydrogen) atoms. The zero-order chi connectivity index (χ0) is 13.2. The lowest BCUT2D eigenvalue weighted by molar-refractivity contribution is -0.179. The number of ketones is 1. The van der Waals surface area contributed by atoms with Gasteiger partial charge in [0.1, 0.15) is 0 Å². The first-order valence-corrected chi connectivity index (χ1v) is 5.24. The minimum Gasteiger partial charge on any atom is -0.449 e. The van der Waals surface area contributed by atoms with E-state index >= 15 is 0 Å². The predicted molar refractivity (Wildman–Crippen MR) is 52.3 cm³/mol. The highest BCUT2D eigenvalue weighted by Crippen LogP contribution is 2.27. The van der Waals surface area contributed by atoms with Crippen LogP contribution >= 0.6 is 0 Å². The van der Waals surface area contributed by atoms with E-state index in [2.05, 4.69) is 0 Å². The van der Waals surface area contributed by atoms with Crippen LogP contribution in [0, 0.1) is 11.8 Å². The third-order valence-electron chi connectivity index (χ3n) is 2.33. The molecular weight excluding hydrogens is 239 g/mol. The van der Waals surface area contributed by atoms with Gasteiger partial charge in [-0.05, 0) is 5.92 Å². The van der Waals surface area contributed by atoms with Crippen LogP contribution in [0.2, 0.25) is 0 Å². The second-order valence-electron chi connectivity index (χ2n) is 4.43. The average Bonchev–Trinajstić information content (AvgIpc) is 2.10. The van der Waals surface area contributed by atoms with Crippen molar-refractivity contribution in [2.75, 3.05) is 19.7 Å². The average molecular weight is 253 g/mol. The van der Waals surface area contributed by atoms with Gasteiger partial charge in [-0.25, -0.2) is 4.79 Å². The molecule has 0 aromatic rings. The Hall–Kier alpha value is -1.27. The highest BCUT2D eigenvalue weighted by Gasteiger charge is 2.48. The fourth-order valence-electron chi connectivity index (χ4n) is 1.35. The quantitative estimate of drug-likeness (QED) is 0.771. The monoisotopic (exact) mass is 253 g/mol. The summed E-state index contributed by atoms with van der Waals surface area (Å²) >= 11 is 0. The van der Waals surface area contributed by atoms with Crippen LogP contribution in [0.25, 0.3) is 0 Å². The van der Waals surface area contributed by atoms with Crippen molar-refractivity contribution in [3.8, 4) is 0 Å². The first kappa shape index (κ1) is 13.8. The summed E-state index contributed by atoms with van der Waals surface area (Å²) in [7, 11) is 0. The summed E-state index contributed by atoms with van der Waals surface area (Å²) in [5.74, 6) is -2.75. The number of likely N-dealkylation sites (tertiary alicyclic amines) is 1. The molecule has 1 rings (SSSR count). The Morgan fingerprint density at radius 3 is 2.29 bits per heavy atom. The van der Waals surface area contributed by atoms with Crippen molar-refractivity contribution in [1.29, 1.82) is 0 Å². The van der Waals surface area contributed by atoms with Crippen LogP contribution in [0.5, 0.6) is 0 Å². The Morgan fingerprint density at radius 1 is 1.35 bits per heavy atom. The van der Waals surface area contributed by atoms with Gasteiger partial charge in [0, 0.05) is 13.1 Å². The third kappa shape index (κ3) is 3.61. The van der Waals surface area contributed by atoms with Crippen molar-refractivity contribution >= 4 is 11.9 Å². The van der Waals surface area contributed by atoms with E-state index in [4.69, 9.17) is 4.74 Å². The van der Waals surface area contributed by atoms with E-state index in [0.29, 0.717) is 0 Å². The minimum absolute atomic E-state index is 0.160. The molecule has 0 unspecified atom stereocenters. The van der Waals surface area contributed by atoms with Gasteiger partial charge in [-0.1, -0.05) is 13.8 Å². The number of halogens is 3. The zero-order valence-electron chi connectivity index (χ0n) is 9.58. The first-order valence-electron chi connectivity index (χ1n) is 5.24. The molecule has 0 saturated carbocycles. The van der Waals surface area contributed by atoms with E-state index in [1.807, 2.05) is 13.8 Å². The van der Waals surface area contributed by atoms with Crippen molar-refractivity contribution in [1.82, 2.24) is 4.90 Å². The number of nitrogens with zero attached hydrogens (tertiary/aromatic N) is 1. The number of Topliss-reactive ketones (excluding diaryl/α,β-unsaturated/α-hetero) is 1. The lowest BCUT2D eigenvalue weighted by Crippen LogP contribution is -2.55. The van der Waals surface area contributed by atoms with E-state index in [-0.39, 0.29) is 25.6 Å². The second kappa shape index (κ2) is 4.93. The van der Waals surface area contributed by atoms with E-state index in [1.165, 1.54) is 0 Å². The van der Waals surface area contributed by atoms with Crippen molar-refractivity contribution < 1.29 is 27.5 Å². The summed E-state index contributed by atoms with van der Waals surface area (Å²) in [5.41, 5.74) is 0. The molecule has 0 N–H and O–H groups in total. The molecular formula is C10H14F3NO3. The molecule has 98 valence electrons. The molecule has 0 atom stereocenters. The van der Waals surface area contributed by atoms with E-state index in [0.717, 1.165) is 4.90 Å². The largest absolute Gasteiger partial charge is 0.450 e. The van der Waals surface area contributed by atoms with Gasteiger partial charge in [-0.2, -0.15) is 13.2 Å². The third-order valence-corrected chi connectivity index (χ3v) is 2.33. The van der Waals surface area contributed by atoms with E-state index in [9.17, 15) is 22.8 Å². The molecule has 1 aliphatic heterocycles. The maximum absolute atomic E-state index is 12.0. The molecule has 1 saturated heterocycles. The van der Waals surface area contributed by atoms with Crippen LogP contribution in [0.1, 0.15) is 13.8 Å². The van der Waals surface area contributed by atoms with Crippen molar-refractivity contribution in [2.24, 2.45) is 11.8 Å².